The second-order valence-electron chi connectivity index (χ2n) is 9.66. The van der Waals surface area contributed by atoms with Gasteiger partial charge >= 0.3 is 0 Å². The molecule has 0 aromatic heterocycles. The monoisotopic (exact) mass is 448 g/mol. The standard InChI is InChI=1S/C21H40N2O8/c1-4-12-11(25)6-9(3)19(29-12)14-8(2)5-10(22)20(17(14)27)31-21-18(28)15(23)16(26)13(7-24)30-21/h8-21,24-28H,4-7,22-23H2,1-3H3. The average molecular weight is 449 g/mol. The van der Waals surface area contributed by atoms with E-state index in [1.54, 1.807) is 0 Å². The maximum Gasteiger partial charge on any atom is 0.186 e. The van der Waals surface area contributed by atoms with E-state index in [2.05, 4.69) is 0 Å². The molecular weight excluding hydrogens is 408 g/mol. The lowest BCUT2D eigenvalue weighted by Crippen LogP contribution is -2.66. The highest BCUT2D eigenvalue weighted by molar-refractivity contribution is 5.01. The first-order valence-electron chi connectivity index (χ1n) is 11.4. The molecule has 14 unspecified atom stereocenters. The maximum atomic E-state index is 11.3. The number of ether oxygens (including phenoxy) is 3. The fraction of sp³-hybridized carbons (Fsp3) is 1.00. The van der Waals surface area contributed by atoms with E-state index in [-0.39, 0.29) is 30.0 Å². The summed E-state index contributed by atoms with van der Waals surface area (Å²) in [4.78, 5) is 0. The van der Waals surface area contributed by atoms with Crippen molar-refractivity contribution >= 4 is 0 Å². The third-order valence-electron chi connectivity index (χ3n) is 7.40. The van der Waals surface area contributed by atoms with Gasteiger partial charge in [0.2, 0.25) is 0 Å². The van der Waals surface area contributed by atoms with Gasteiger partial charge in [-0.1, -0.05) is 20.8 Å². The molecule has 10 nitrogen and oxygen atoms in total. The maximum absolute atomic E-state index is 11.3. The highest BCUT2D eigenvalue weighted by atomic mass is 16.7. The summed E-state index contributed by atoms with van der Waals surface area (Å²) >= 11 is 0. The van der Waals surface area contributed by atoms with Crippen LogP contribution in [-0.4, -0.2) is 99.3 Å². The quantitative estimate of drug-likeness (QED) is 0.250. The molecule has 0 spiro atoms. The van der Waals surface area contributed by atoms with Crippen molar-refractivity contribution in [3.63, 3.8) is 0 Å². The van der Waals surface area contributed by atoms with E-state index in [0.717, 1.165) is 0 Å². The van der Waals surface area contributed by atoms with Crippen LogP contribution in [0, 0.1) is 17.8 Å². The van der Waals surface area contributed by atoms with Crippen LogP contribution >= 0.6 is 0 Å². The van der Waals surface area contributed by atoms with Crippen molar-refractivity contribution in [2.45, 2.75) is 107 Å². The van der Waals surface area contributed by atoms with E-state index < -0.39 is 61.6 Å². The van der Waals surface area contributed by atoms with Gasteiger partial charge in [0.1, 0.15) is 24.4 Å². The summed E-state index contributed by atoms with van der Waals surface area (Å²) in [6.45, 7) is 5.49. The SMILES string of the molecule is CCC1OC(C2C(C)CC(N)C(OC3OC(CO)C(O)C(N)C3O)C2O)C(C)CC1O. The minimum absolute atomic E-state index is 0.0359. The zero-order valence-corrected chi connectivity index (χ0v) is 18.5. The Bertz CT molecular complexity index is 584. The zero-order valence-electron chi connectivity index (χ0n) is 18.5. The Morgan fingerprint density at radius 3 is 2.19 bits per heavy atom. The molecule has 10 heteroatoms. The minimum atomic E-state index is -1.35. The van der Waals surface area contributed by atoms with Crippen LogP contribution in [0.1, 0.15) is 40.0 Å². The first kappa shape index (κ1) is 25.2. The van der Waals surface area contributed by atoms with E-state index in [1.165, 1.54) is 0 Å². The first-order chi connectivity index (χ1) is 14.6. The molecule has 9 N–H and O–H groups in total. The summed E-state index contributed by atoms with van der Waals surface area (Å²) in [7, 11) is 0. The second-order valence-corrected chi connectivity index (χ2v) is 9.66. The van der Waals surface area contributed by atoms with Gasteiger partial charge in [-0.15, -0.1) is 0 Å². The summed E-state index contributed by atoms with van der Waals surface area (Å²) < 4.78 is 17.7. The lowest BCUT2D eigenvalue weighted by Gasteiger charge is -2.51. The molecular formula is C21H40N2O8. The largest absolute Gasteiger partial charge is 0.394 e. The normalized spacial score (nSPS) is 54.0. The van der Waals surface area contributed by atoms with Crippen molar-refractivity contribution in [2.75, 3.05) is 6.61 Å². The Hall–Kier alpha value is -0.400. The molecule has 3 rings (SSSR count). The van der Waals surface area contributed by atoms with Crippen molar-refractivity contribution < 1.29 is 39.7 Å². The fourth-order valence-electron chi connectivity index (χ4n) is 5.54. The van der Waals surface area contributed by atoms with E-state index in [9.17, 15) is 25.5 Å². The summed E-state index contributed by atoms with van der Waals surface area (Å²) in [5.41, 5.74) is 12.2. The number of hydrogen-bond donors (Lipinski definition) is 7. The van der Waals surface area contributed by atoms with Crippen LogP contribution in [0.2, 0.25) is 0 Å². The molecule has 1 aliphatic carbocycles. The molecule has 3 fully saturated rings. The van der Waals surface area contributed by atoms with Gasteiger partial charge in [0.05, 0.1) is 37.1 Å². The smallest absolute Gasteiger partial charge is 0.186 e. The van der Waals surface area contributed by atoms with Gasteiger partial charge in [-0.2, -0.15) is 0 Å². The van der Waals surface area contributed by atoms with Crippen molar-refractivity contribution in [1.82, 2.24) is 0 Å². The van der Waals surface area contributed by atoms with Gasteiger partial charge in [-0.3, -0.25) is 0 Å². The highest BCUT2D eigenvalue weighted by Gasteiger charge is 2.52. The van der Waals surface area contributed by atoms with E-state index in [1.807, 2.05) is 20.8 Å². The fourth-order valence-corrected chi connectivity index (χ4v) is 5.54. The number of rotatable bonds is 5. The molecule has 0 radical (unpaired) electrons. The molecule has 2 heterocycles. The van der Waals surface area contributed by atoms with Crippen molar-refractivity contribution in [3.8, 4) is 0 Å². The van der Waals surface area contributed by atoms with E-state index in [0.29, 0.717) is 19.3 Å². The number of nitrogens with two attached hydrogens (primary N) is 2. The van der Waals surface area contributed by atoms with Gasteiger partial charge in [-0.05, 0) is 31.1 Å². The number of hydrogen-bond acceptors (Lipinski definition) is 10. The van der Waals surface area contributed by atoms with E-state index >= 15 is 0 Å². The van der Waals surface area contributed by atoms with E-state index in [4.69, 9.17) is 25.7 Å². The number of aliphatic hydroxyl groups excluding tert-OH is 5. The van der Waals surface area contributed by atoms with Crippen LogP contribution in [0.15, 0.2) is 0 Å². The molecule has 3 aliphatic rings. The Balaban J connectivity index is 1.77. The third-order valence-corrected chi connectivity index (χ3v) is 7.40. The van der Waals surface area contributed by atoms with Crippen LogP contribution in [0.25, 0.3) is 0 Å². The Morgan fingerprint density at radius 2 is 1.58 bits per heavy atom. The summed E-state index contributed by atoms with van der Waals surface area (Å²) in [6.07, 6.45) is -5.96. The van der Waals surface area contributed by atoms with Crippen molar-refractivity contribution in [3.05, 3.63) is 0 Å². The van der Waals surface area contributed by atoms with Crippen molar-refractivity contribution in [2.24, 2.45) is 29.2 Å². The van der Waals surface area contributed by atoms with Gasteiger partial charge < -0.3 is 51.2 Å². The Labute approximate surface area is 183 Å². The average Bonchev–Trinajstić information content (AvgIpc) is 2.72. The summed E-state index contributed by atoms with van der Waals surface area (Å²) in [6, 6.07) is -1.59. The van der Waals surface area contributed by atoms with Gasteiger partial charge in [0.15, 0.2) is 6.29 Å². The molecule has 2 saturated heterocycles. The van der Waals surface area contributed by atoms with Crippen LogP contribution in [-0.2, 0) is 14.2 Å². The lowest BCUT2D eigenvalue weighted by atomic mass is 9.68. The molecule has 0 bridgehead atoms. The third kappa shape index (κ3) is 4.93. The first-order valence-corrected chi connectivity index (χ1v) is 11.4. The van der Waals surface area contributed by atoms with Gasteiger partial charge in [-0.25, -0.2) is 0 Å². The summed E-state index contributed by atoms with van der Waals surface area (Å²) in [5.74, 6) is -0.194. The Morgan fingerprint density at radius 1 is 0.903 bits per heavy atom. The van der Waals surface area contributed by atoms with Gasteiger partial charge in [0, 0.05) is 12.0 Å². The molecule has 0 aromatic rings. The minimum Gasteiger partial charge on any atom is -0.394 e. The second kappa shape index (κ2) is 10.3. The molecule has 31 heavy (non-hydrogen) atoms. The zero-order chi connectivity index (χ0) is 23.0. The molecule has 1 saturated carbocycles. The predicted octanol–water partition coefficient (Wildman–Crippen LogP) is -1.95. The Kier molecular flexibility index (Phi) is 8.34. The molecule has 2 aliphatic heterocycles. The van der Waals surface area contributed by atoms with Crippen LogP contribution < -0.4 is 11.5 Å². The molecule has 182 valence electrons. The number of aliphatic hydroxyl groups is 5. The summed E-state index contributed by atoms with van der Waals surface area (Å²) in [5, 5.41) is 51.5. The predicted molar refractivity (Wildman–Crippen MR) is 111 cm³/mol. The van der Waals surface area contributed by atoms with Crippen LogP contribution in [0.4, 0.5) is 0 Å². The molecule has 14 atom stereocenters. The van der Waals surface area contributed by atoms with Gasteiger partial charge in [0.25, 0.3) is 0 Å². The highest BCUT2D eigenvalue weighted by Crippen LogP contribution is 2.42. The van der Waals surface area contributed by atoms with Crippen LogP contribution in [0.5, 0.6) is 0 Å². The topological polar surface area (TPSA) is 181 Å². The van der Waals surface area contributed by atoms with Crippen molar-refractivity contribution in [1.29, 1.82) is 0 Å². The molecule has 0 amide bonds. The van der Waals surface area contributed by atoms with Crippen LogP contribution in [0.3, 0.4) is 0 Å². The molecule has 0 aromatic carbocycles. The lowest BCUT2D eigenvalue weighted by molar-refractivity contribution is -0.308.